The zero-order chi connectivity index (χ0) is 29.5. The molecular formula is C30H30N4O7. The van der Waals surface area contributed by atoms with Crippen molar-refractivity contribution in [3.63, 3.8) is 0 Å². The summed E-state index contributed by atoms with van der Waals surface area (Å²) in [6.07, 6.45) is -0.0809. The molecular weight excluding hydrogens is 528 g/mol. The van der Waals surface area contributed by atoms with Crippen molar-refractivity contribution in [3.05, 3.63) is 89.5 Å². The van der Waals surface area contributed by atoms with Crippen molar-refractivity contribution >= 4 is 41.0 Å². The number of anilines is 2. The van der Waals surface area contributed by atoms with E-state index in [0.717, 1.165) is 0 Å². The van der Waals surface area contributed by atoms with Crippen molar-refractivity contribution in [1.82, 2.24) is 10.2 Å². The van der Waals surface area contributed by atoms with E-state index in [4.69, 9.17) is 4.74 Å². The Hall–Kier alpha value is -5.19. The van der Waals surface area contributed by atoms with Crippen molar-refractivity contribution in [2.45, 2.75) is 31.8 Å². The molecule has 0 fully saturated rings. The van der Waals surface area contributed by atoms with Crippen LogP contribution in [0.4, 0.5) is 11.4 Å². The van der Waals surface area contributed by atoms with Crippen LogP contribution in [0.1, 0.15) is 40.9 Å². The van der Waals surface area contributed by atoms with Crippen LogP contribution in [0.5, 0.6) is 5.75 Å². The number of rotatable bonds is 9. The number of carbonyl (C=O) groups is 5. The average Bonchev–Trinajstić information content (AvgIpc) is 3.04. The number of ether oxygens (including phenoxy) is 1. The van der Waals surface area contributed by atoms with Crippen LogP contribution >= 0.6 is 0 Å². The minimum atomic E-state index is -1.09. The van der Waals surface area contributed by atoms with Crippen molar-refractivity contribution < 1.29 is 33.8 Å². The summed E-state index contributed by atoms with van der Waals surface area (Å²) in [7, 11) is 1.25. The van der Waals surface area contributed by atoms with E-state index in [2.05, 4.69) is 16.0 Å². The van der Waals surface area contributed by atoms with Gasteiger partial charge in [-0.15, -0.1) is 0 Å². The average molecular weight is 559 g/mol. The van der Waals surface area contributed by atoms with Gasteiger partial charge in [-0.25, -0.2) is 0 Å². The normalized spacial score (nSPS) is 15.2. The molecule has 0 spiro atoms. The molecule has 1 unspecified atom stereocenters. The van der Waals surface area contributed by atoms with Gasteiger partial charge in [0.15, 0.2) is 0 Å². The molecule has 0 aliphatic carbocycles. The molecule has 4 N–H and O–H groups in total. The molecule has 11 heteroatoms. The highest BCUT2D eigenvalue weighted by atomic mass is 16.5. The quantitative estimate of drug-likeness (QED) is 0.295. The number of esters is 1. The van der Waals surface area contributed by atoms with E-state index in [1.165, 1.54) is 43.2 Å². The first-order valence-electron chi connectivity index (χ1n) is 12.9. The van der Waals surface area contributed by atoms with Gasteiger partial charge in [-0.3, -0.25) is 24.0 Å². The molecule has 0 saturated heterocycles. The molecule has 1 heterocycles. The van der Waals surface area contributed by atoms with Crippen molar-refractivity contribution in [2.75, 3.05) is 24.3 Å². The van der Waals surface area contributed by atoms with Crippen LogP contribution in [0.2, 0.25) is 0 Å². The highest BCUT2D eigenvalue weighted by molar-refractivity contribution is 6.11. The maximum Gasteiger partial charge on any atom is 0.307 e. The summed E-state index contributed by atoms with van der Waals surface area (Å²) in [5.74, 6) is -2.54. The van der Waals surface area contributed by atoms with Gasteiger partial charge in [-0.1, -0.05) is 42.5 Å². The number of fused-ring (bicyclic) bond motifs is 1. The molecule has 1 aliphatic heterocycles. The third kappa shape index (κ3) is 7.27. The van der Waals surface area contributed by atoms with Gasteiger partial charge in [0, 0.05) is 19.0 Å². The molecule has 1 aliphatic rings. The predicted octanol–water partition coefficient (Wildman–Crippen LogP) is 2.78. The number of nitrogens with zero attached hydrogens (tertiary/aromatic N) is 1. The summed E-state index contributed by atoms with van der Waals surface area (Å²) in [5, 5.41) is 17.9. The smallest absolute Gasteiger partial charge is 0.307 e. The number of phenolic OH excluding ortho intramolecular Hbond substituents is 1. The Morgan fingerprint density at radius 1 is 1.02 bits per heavy atom. The number of phenols is 1. The Morgan fingerprint density at radius 2 is 1.73 bits per heavy atom. The number of carbonyl (C=O) groups excluding carboxylic acids is 5. The standard InChI is InChI=1S/C30H30N4O7/c1-18(35)31-21-10-13-24-23(15-21)30(40)34(26(29(39)33-24)14-19-8-11-22(36)12-9-19)17-27(37)32-25(16-28(38)41-2)20-6-4-3-5-7-20/h3-13,15,25-26,36H,14,16-17H2,1-2H3,(H,31,35)(H,32,37)(H,33,39)/t25?,26-/m0/s1. The fourth-order valence-electron chi connectivity index (χ4n) is 4.59. The first kappa shape index (κ1) is 28.8. The summed E-state index contributed by atoms with van der Waals surface area (Å²) in [5.41, 5.74) is 2.00. The summed E-state index contributed by atoms with van der Waals surface area (Å²) in [4.78, 5) is 65.7. The molecule has 0 bridgehead atoms. The van der Waals surface area contributed by atoms with E-state index in [0.29, 0.717) is 16.8 Å². The van der Waals surface area contributed by atoms with Gasteiger partial charge in [-0.05, 0) is 41.5 Å². The Bertz CT molecular complexity index is 1460. The van der Waals surface area contributed by atoms with Gasteiger partial charge in [0.1, 0.15) is 18.3 Å². The second-order valence-corrected chi connectivity index (χ2v) is 9.56. The van der Waals surface area contributed by atoms with Crippen LogP contribution in [0.25, 0.3) is 0 Å². The number of aromatic hydroxyl groups is 1. The summed E-state index contributed by atoms with van der Waals surface area (Å²) in [6, 6.07) is 17.7. The molecule has 4 amide bonds. The molecule has 0 aromatic heterocycles. The predicted molar refractivity (Wildman–Crippen MR) is 150 cm³/mol. The molecule has 3 aromatic carbocycles. The molecule has 2 atom stereocenters. The molecule has 41 heavy (non-hydrogen) atoms. The highest BCUT2D eigenvalue weighted by Crippen LogP contribution is 2.28. The van der Waals surface area contributed by atoms with E-state index in [1.54, 1.807) is 48.5 Å². The lowest BCUT2D eigenvalue weighted by Crippen LogP contribution is -2.51. The van der Waals surface area contributed by atoms with Crippen molar-refractivity contribution in [1.29, 1.82) is 0 Å². The van der Waals surface area contributed by atoms with Gasteiger partial charge < -0.3 is 30.7 Å². The Kier molecular flexibility index (Phi) is 8.98. The molecule has 0 radical (unpaired) electrons. The highest BCUT2D eigenvalue weighted by Gasteiger charge is 2.37. The fourth-order valence-corrected chi connectivity index (χ4v) is 4.59. The molecule has 3 aromatic rings. The topological polar surface area (TPSA) is 154 Å². The molecule has 212 valence electrons. The first-order chi connectivity index (χ1) is 19.6. The summed E-state index contributed by atoms with van der Waals surface area (Å²) < 4.78 is 4.80. The maximum absolute atomic E-state index is 13.9. The monoisotopic (exact) mass is 558 g/mol. The van der Waals surface area contributed by atoms with Gasteiger partial charge in [0.05, 0.1) is 30.8 Å². The van der Waals surface area contributed by atoms with Crippen molar-refractivity contribution in [3.8, 4) is 5.75 Å². The minimum Gasteiger partial charge on any atom is -0.508 e. The van der Waals surface area contributed by atoms with Gasteiger partial charge in [-0.2, -0.15) is 0 Å². The number of nitrogens with one attached hydrogen (secondary N) is 3. The lowest BCUT2D eigenvalue weighted by molar-refractivity contribution is -0.141. The fraction of sp³-hybridized carbons (Fsp3) is 0.233. The van der Waals surface area contributed by atoms with Crippen LogP contribution in [-0.4, -0.2) is 59.3 Å². The Balaban J connectivity index is 1.67. The third-order valence-electron chi connectivity index (χ3n) is 6.58. The SMILES string of the molecule is COC(=O)CC(NC(=O)CN1C(=O)c2cc(NC(C)=O)ccc2NC(=O)[C@@H]1Cc1ccc(O)cc1)c1ccccc1. The first-order valence-corrected chi connectivity index (χ1v) is 12.9. The summed E-state index contributed by atoms with van der Waals surface area (Å²) >= 11 is 0. The Labute approximate surface area is 236 Å². The van der Waals surface area contributed by atoms with Crippen LogP contribution in [0, 0.1) is 0 Å². The number of hydrogen-bond donors (Lipinski definition) is 4. The minimum absolute atomic E-state index is 0.0434. The third-order valence-corrected chi connectivity index (χ3v) is 6.58. The lowest BCUT2D eigenvalue weighted by Gasteiger charge is -2.29. The van der Waals surface area contributed by atoms with Crippen molar-refractivity contribution in [2.24, 2.45) is 0 Å². The van der Waals surface area contributed by atoms with Crippen LogP contribution < -0.4 is 16.0 Å². The Morgan fingerprint density at radius 3 is 2.39 bits per heavy atom. The lowest BCUT2D eigenvalue weighted by atomic mass is 10.0. The molecule has 4 rings (SSSR count). The maximum atomic E-state index is 13.9. The molecule has 0 saturated carbocycles. The van der Waals surface area contributed by atoms with E-state index in [1.807, 2.05) is 0 Å². The number of benzene rings is 3. The van der Waals surface area contributed by atoms with E-state index in [-0.39, 0.29) is 35.7 Å². The van der Waals surface area contributed by atoms with E-state index >= 15 is 0 Å². The zero-order valence-corrected chi connectivity index (χ0v) is 22.5. The van der Waals surface area contributed by atoms with Crippen LogP contribution in [-0.2, 0) is 30.3 Å². The zero-order valence-electron chi connectivity index (χ0n) is 22.5. The summed E-state index contributed by atoms with van der Waals surface area (Å²) in [6.45, 7) is 0.834. The van der Waals surface area contributed by atoms with Gasteiger partial charge in [0.2, 0.25) is 17.7 Å². The van der Waals surface area contributed by atoms with Crippen LogP contribution in [0.3, 0.4) is 0 Å². The van der Waals surface area contributed by atoms with Gasteiger partial charge in [0.25, 0.3) is 5.91 Å². The largest absolute Gasteiger partial charge is 0.508 e. The second kappa shape index (κ2) is 12.8. The van der Waals surface area contributed by atoms with Crippen LogP contribution in [0.15, 0.2) is 72.8 Å². The van der Waals surface area contributed by atoms with E-state index < -0.39 is 42.3 Å². The van der Waals surface area contributed by atoms with Gasteiger partial charge >= 0.3 is 5.97 Å². The van der Waals surface area contributed by atoms with E-state index in [9.17, 15) is 29.1 Å². The number of amides is 4. The number of hydrogen-bond acceptors (Lipinski definition) is 7. The second-order valence-electron chi connectivity index (χ2n) is 9.56. The number of methoxy groups -OCH3 is 1. The molecule has 11 nitrogen and oxygen atoms in total.